The zero-order valence-corrected chi connectivity index (χ0v) is 42.7. The zero-order valence-electron chi connectivity index (χ0n) is 42.7. The third-order valence-electron chi connectivity index (χ3n) is 14.4. The first-order valence-corrected chi connectivity index (χ1v) is 25.0. The molecule has 0 bridgehead atoms. The molecule has 3 saturated heterocycles. The van der Waals surface area contributed by atoms with E-state index >= 15 is 0 Å². The third-order valence-corrected chi connectivity index (χ3v) is 14.4. The van der Waals surface area contributed by atoms with E-state index in [1.165, 1.54) is 0 Å². The van der Waals surface area contributed by atoms with E-state index in [-0.39, 0.29) is 43.1 Å². The van der Waals surface area contributed by atoms with E-state index in [9.17, 15) is 14.4 Å². The molecule has 0 spiro atoms. The van der Waals surface area contributed by atoms with Gasteiger partial charge in [0.05, 0.1) is 25.0 Å². The van der Waals surface area contributed by atoms with Gasteiger partial charge in [0.25, 0.3) is 6.47 Å². The van der Waals surface area contributed by atoms with Gasteiger partial charge in [0.15, 0.2) is 0 Å². The zero-order chi connectivity index (χ0) is 47.1. The van der Waals surface area contributed by atoms with Crippen molar-refractivity contribution in [2.45, 2.75) is 215 Å². The summed E-state index contributed by atoms with van der Waals surface area (Å²) in [5.74, 6) is 3.30. The highest BCUT2D eigenvalue weighted by molar-refractivity contribution is 5.73. The Hall–Kier alpha value is -1.79. The van der Waals surface area contributed by atoms with Crippen molar-refractivity contribution in [3.05, 3.63) is 0 Å². The fraction of sp³-hybridized carbons (Fsp3) is 0.941. The second kappa shape index (κ2) is 31.2. The first kappa shape index (κ1) is 58.2. The predicted molar refractivity (Wildman–Crippen MR) is 254 cm³/mol. The SMILES string of the molecule is CC(C)C1CC(C(=O)OCCCCCCOC(=O)C2CC(C(C)C)N(C)C(C(C)C)C2)CC(C(C)C)N1C.CC(C)C1CC(OC=O)CC(C(C)C)N1C.OCCCCCCO. The largest absolute Gasteiger partial charge is 0.465 e. The molecule has 3 fully saturated rings. The van der Waals surface area contributed by atoms with Crippen LogP contribution in [0, 0.1) is 47.3 Å². The molecule has 0 saturated carbocycles. The van der Waals surface area contributed by atoms with E-state index in [1.807, 2.05) is 0 Å². The first-order chi connectivity index (χ1) is 29.2. The highest BCUT2D eigenvalue weighted by Gasteiger charge is 2.41. The molecule has 6 atom stereocenters. The number of unbranched alkanes of at least 4 members (excludes halogenated alkanes) is 6. The average Bonchev–Trinajstić information content (AvgIpc) is 3.20. The first-order valence-electron chi connectivity index (χ1n) is 25.0. The summed E-state index contributed by atoms with van der Waals surface area (Å²) in [7, 11) is 6.63. The van der Waals surface area contributed by atoms with Crippen LogP contribution in [0.4, 0.5) is 0 Å². The molecule has 3 rings (SSSR count). The van der Waals surface area contributed by atoms with Crippen LogP contribution in [0.2, 0.25) is 0 Å². The number of carbonyl (C=O) groups is 3. The highest BCUT2D eigenvalue weighted by Crippen LogP contribution is 2.36. The van der Waals surface area contributed by atoms with Gasteiger partial charge in [-0.3, -0.25) is 29.1 Å². The normalized spacial score (nSPS) is 27.6. The number of nitrogens with zero attached hydrogens (tertiary/aromatic N) is 3. The van der Waals surface area contributed by atoms with Crippen LogP contribution in [0.3, 0.4) is 0 Å². The molecule has 0 aromatic carbocycles. The molecule has 3 aliphatic rings. The Balaban J connectivity index is 0.000000652. The Kier molecular flexibility index (Phi) is 29.3. The Morgan fingerprint density at radius 1 is 0.468 bits per heavy atom. The lowest BCUT2D eigenvalue weighted by atomic mass is 9.79. The van der Waals surface area contributed by atoms with Crippen LogP contribution >= 0.6 is 0 Å². The lowest BCUT2D eigenvalue weighted by molar-refractivity contribution is -0.154. The van der Waals surface area contributed by atoms with E-state index in [1.54, 1.807) is 0 Å². The fourth-order valence-electron chi connectivity index (χ4n) is 10.5. The van der Waals surface area contributed by atoms with Crippen molar-refractivity contribution in [3.8, 4) is 0 Å². The van der Waals surface area contributed by atoms with E-state index in [0.717, 1.165) is 89.9 Å². The Labute approximate surface area is 381 Å². The Morgan fingerprint density at radius 2 is 0.726 bits per heavy atom. The van der Waals surface area contributed by atoms with Crippen molar-refractivity contribution in [1.29, 1.82) is 0 Å². The average molecular weight is 882 g/mol. The van der Waals surface area contributed by atoms with Crippen molar-refractivity contribution in [2.75, 3.05) is 47.6 Å². The molecular weight excluding hydrogens is 783 g/mol. The molecule has 6 unspecified atom stereocenters. The van der Waals surface area contributed by atoms with Crippen LogP contribution in [-0.4, -0.2) is 133 Å². The van der Waals surface area contributed by atoms with Gasteiger partial charge in [-0.25, -0.2) is 0 Å². The molecule has 3 heterocycles. The summed E-state index contributed by atoms with van der Waals surface area (Å²) >= 11 is 0. The van der Waals surface area contributed by atoms with Crippen molar-refractivity contribution >= 4 is 18.4 Å². The van der Waals surface area contributed by atoms with Crippen molar-refractivity contribution in [3.63, 3.8) is 0 Å². The van der Waals surface area contributed by atoms with Gasteiger partial charge in [-0.1, -0.05) is 95.9 Å². The van der Waals surface area contributed by atoms with Crippen molar-refractivity contribution in [1.82, 2.24) is 14.7 Å². The summed E-state index contributed by atoms with van der Waals surface area (Å²) in [6.07, 6.45) is 13.2. The molecule has 0 amide bonds. The number of likely N-dealkylation sites (tertiary alicyclic amines) is 3. The molecule has 3 aliphatic heterocycles. The summed E-state index contributed by atoms with van der Waals surface area (Å²) < 4.78 is 16.6. The standard InChI is InChI=1S/C32H60N2O4.C13H25NO2.C6H14O2/c1-21(2)27-17-25(18-28(22(3)4)33(27)9)31(35)37-15-13-11-12-14-16-38-32(36)26-19-29(23(5)6)34(10)30(20-26)24(7)8;1-9(2)12-6-11(16-8-15)7-13(10(3)4)14(12)5;7-5-3-1-2-4-6-8/h21-30H,11-20H2,1-10H3;8-13H,6-7H2,1-5H3;7-8H,1-6H2. The van der Waals surface area contributed by atoms with Gasteiger partial charge < -0.3 is 24.4 Å². The molecule has 0 aromatic heterocycles. The van der Waals surface area contributed by atoms with Crippen LogP contribution in [0.1, 0.15) is 173 Å². The Morgan fingerprint density at radius 3 is 0.968 bits per heavy atom. The minimum absolute atomic E-state index is 0.00979. The van der Waals surface area contributed by atoms with Gasteiger partial charge in [0, 0.05) is 62.3 Å². The number of aliphatic hydroxyl groups excluding tert-OH is 2. The van der Waals surface area contributed by atoms with Crippen LogP contribution in [0.15, 0.2) is 0 Å². The number of hydrogen-bond acceptors (Lipinski definition) is 11. The molecule has 0 aromatic rings. The number of esters is 2. The van der Waals surface area contributed by atoms with Gasteiger partial charge in [0.1, 0.15) is 6.10 Å². The maximum absolute atomic E-state index is 12.9. The topological polar surface area (TPSA) is 129 Å². The lowest BCUT2D eigenvalue weighted by Crippen LogP contribution is -2.53. The van der Waals surface area contributed by atoms with E-state index in [2.05, 4.69) is 119 Å². The smallest absolute Gasteiger partial charge is 0.309 e. The van der Waals surface area contributed by atoms with E-state index < -0.39 is 0 Å². The van der Waals surface area contributed by atoms with Crippen LogP contribution < -0.4 is 0 Å². The number of rotatable bonds is 22. The highest BCUT2D eigenvalue weighted by atomic mass is 16.5. The summed E-state index contributed by atoms with van der Waals surface area (Å²) in [5.41, 5.74) is 0. The van der Waals surface area contributed by atoms with Crippen molar-refractivity contribution in [2.24, 2.45) is 47.3 Å². The summed E-state index contributed by atoms with van der Waals surface area (Å²) in [6, 6.07) is 2.76. The second-order valence-electron chi connectivity index (χ2n) is 21.1. The quantitative estimate of drug-likeness (QED) is 0.0468. The summed E-state index contributed by atoms with van der Waals surface area (Å²) in [4.78, 5) is 43.6. The van der Waals surface area contributed by atoms with E-state index in [4.69, 9.17) is 24.4 Å². The van der Waals surface area contributed by atoms with Gasteiger partial charge in [0.2, 0.25) is 0 Å². The predicted octanol–water partition coefficient (Wildman–Crippen LogP) is 9.25. The molecule has 0 radical (unpaired) electrons. The van der Waals surface area contributed by atoms with Gasteiger partial charge in [-0.15, -0.1) is 0 Å². The monoisotopic (exact) mass is 882 g/mol. The minimum atomic E-state index is -0.0131. The summed E-state index contributed by atoms with van der Waals surface area (Å²) in [6.45, 7) is 29.1. The summed E-state index contributed by atoms with van der Waals surface area (Å²) in [5, 5.41) is 16.6. The number of piperidine rings is 3. The molecule has 11 heteroatoms. The minimum Gasteiger partial charge on any atom is -0.465 e. The molecule has 366 valence electrons. The molecule has 62 heavy (non-hydrogen) atoms. The van der Waals surface area contributed by atoms with Crippen molar-refractivity contribution < 1.29 is 38.8 Å². The van der Waals surface area contributed by atoms with Crippen LogP contribution in [0.25, 0.3) is 0 Å². The number of aliphatic hydroxyl groups is 2. The molecule has 0 aliphatic carbocycles. The molecular formula is C51H99N3O8. The molecule has 2 N–H and O–H groups in total. The lowest BCUT2D eigenvalue weighted by Gasteiger charge is -2.46. The third kappa shape index (κ3) is 20.2. The number of carbonyl (C=O) groups excluding carboxylic acids is 3. The van der Waals surface area contributed by atoms with E-state index in [0.29, 0.717) is 91.4 Å². The maximum Gasteiger partial charge on any atom is 0.309 e. The maximum atomic E-state index is 12.9. The van der Waals surface area contributed by atoms with Crippen LogP contribution in [0.5, 0.6) is 0 Å². The van der Waals surface area contributed by atoms with Gasteiger partial charge >= 0.3 is 11.9 Å². The second-order valence-corrected chi connectivity index (χ2v) is 21.1. The fourth-order valence-corrected chi connectivity index (χ4v) is 10.5. The Bertz CT molecular complexity index is 1080. The van der Waals surface area contributed by atoms with Gasteiger partial charge in [-0.2, -0.15) is 0 Å². The molecule has 11 nitrogen and oxygen atoms in total. The number of hydrogen-bond donors (Lipinski definition) is 2. The van der Waals surface area contributed by atoms with Crippen LogP contribution in [-0.2, 0) is 28.6 Å². The number of ether oxygens (including phenoxy) is 3. The van der Waals surface area contributed by atoms with Gasteiger partial charge in [-0.05, 0) is 121 Å².